The fourth-order valence-electron chi connectivity index (χ4n) is 4.90. The van der Waals surface area contributed by atoms with E-state index in [-0.39, 0.29) is 0 Å². The van der Waals surface area contributed by atoms with Crippen molar-refractivity contribution in [2.45, 2.75) is 50.5 Å². The Morgan fingerprint density at radius 2 is 1.96 bits per heavy atom. The monoisotopic (exact) mass is 367 g/mol. The summed E-state index contributed by atoms with van der Waals surface area (Å²) in [4.78, 5) is 14.0. The highest BCUT2D eigenvalue weighted by molar-refractivity contribution is 5.53. The maximum Gasteiger partial charge on any atom is 0.227 e. The molecule has 0 aromatic carbocycles. The number of aromatic amines is 1. The molecule has 0 bridgehead atoms. The summed E-state index contributed by atoms with van der Waals surface area (Å²) in [6.07, 6.45) is 9.47. The van der Waals surface area contributed by atoms with Gasteiger partial charge in [-0.3, -0.25) is 5.10 Å². The molecular formula is C20H29N7. The van der Waals surface area contributed by atoms with E-state index in [1.807, 2.05) is 12.3 Å². The Kier molecular flexibility index (Phi) is 4.07. The third-order valence-electron chi connectivity index (χ3n) is 6.60. The number of hydrogen-bond donors (Lipinski definition) is 2. The largest absolute Gasteiger partial charge is 0.341 e. The van der Waals surface area contributed by atoms with Crippen LogP contribution >= 0.6 is 0 Å². The molecule has 7 heteroatoms. The van der Waals surface area contributed by atoms with Crippen LogP contribution < -0.4 is 10.2 Å². The first-order valence-electron chi connectivity index (χ1n) is 10.2. The molecule has 1 aliphatic heterocycles. The van der Waals surface area contributed by atoms with E-state index < -0.39 is 0 Å². The van der Waals surface area contributed by atoms with Crippen molar-refractivity contribution in [1.29, 1.82) is 0 Å². The van der Waals surface area contributed by atoms with E-state index in [2.05, 4.69) is 50.5 Å². The van der Waals surface area contributed by atoms with Gasteiger partial charge >= 0.3 is 0 Å². The van der Waals surface area contributed by atoms with Crippen LogP contribution in [0.1, 0.15) is 50.1 Å². The molecule has 3 heterocycles. The molecule has 2 saturated carbocycles. The molecule has 7 nitrogen and oxygen atoms in total. The maximum absolute atomic E-state index is 4.74. The van der Waals surface area contributed by atoms with Gasteiger partial charge < -0.3 is 15.1 Å². The van der Waals surface area contributed by atoms with Crippen molar-refractivity contribution < 1.29 is 0 Å². The number of rotatable bonds is 5. The third-order valence-corrected chi connectivity index (χ3v) is 6.60. The molecule has 27 heavy (non-hydrogen) atoms. The van der Waals surface area contributed by atoms with Crippen LogP contribution in [0.4, 0.5) is 17.6 Å². The molecule has 1 saturated heterocycles. The topological polar surface area (TPSA) is 73.0 Å². The minimum Gasteiger partial charge on any atom is -0.341 e. The van der Waals surface area contributed by atoms with Gasteiger partial charge in [-0.15, -0.1) is 0 Å². The summed E-state index contributed by atoms with van der Waals surface area (Å²) in [7, 11) is 4.36. The minimum atomic E-state index is 0.531. The van der Waals surface area contributed by atoms with Gasteiger partial charge in [0, 0.05) is 50.1 Å². The van der Waals surface area contributed by atoms with Crippen molar-refractivity contribution in [3.8, 4) is 0 Å². The van der Waals surface area contributed by atoms with Gasteiger partial charge in [-0.05, 0) is 57.1 Å². The summed E-state index contributed by atoms with van der Waals surface area (Å²) < 4.78 is 0. The van der Waals surface area contributed by atoms with Crippen molar-refractivity contribution >= 4 is 17.6 Å². The highest BCUT2D eigenvalue weighted by atomic mass is 15.3. The number of likely N-dealkylation sites (tertiary alicyclic amines) is 1. The predicted octanol–water partition coefficient (Wildman–Crippen LogP) is 3.13. The lowest BCUT2D eigenvalue weighted by atomic mass is 9.67. The lowest BCUT2D eigenvalue weighted by molar-refractivity contribution is -0.0135. The van der Waals surface area contributed by atoms with Crippen molar-refractivity contribution in [2.75, 3.05) is 37.4 Å². The average Bonchev–Trinajstić information content (AvgIpc) is 3.41. The molecule has 3 fully saturated rings. The van der Waals surface area contributed by atoms with Gasteiger partial charge in [-0.25, -0.2) is 4.98 Å². The van der Waals surface area contributed by atoms with Crippen LogP contribution in [0.5, 0.6) is 0 Å². The van der Waals surface area contributed by atoms with Crippen molar-refractivity contribution in [3.05, 3.63) is 24.0 Å². The molecule has 2 N–H and O–H groups in total. The summed E-state index contributed by atoms with van der Waals surface area (Å²) in [6, 6.07) is 4.53. The number of H-pyrrole nitrogens is 1. The van der Waals surface area contributed by atoms with Crippen molar-refractivity contribution in [2.24, 2.45) is 5.41 Å². The Morgan fingerprint density at radius 1 is 1.19 bits per heavy atom. The zero-order valence-electron chi connectivity index (χ0n) is 16.3. The van der Waals surface area contributed by atoms with Crippen molar-refractivity contribution in [1.82, 2.24) is 25.1 Å². The molecular weight excluding hydrogens is 338 g/mol. The summed E-state index contributed by atoms with van der Waals surface area (Å²) in [5.41, 5.74) is 1.82. The SMILES string of the molecule is CN1CC2(CCC(N(C)c3nccc(Nc4cc(C5CC5)[nH]n4)n3)CC2)C1. The van der Waals surface area contributed by atoms with E-state index in [0.717, 1.165) is 17.6 Å². The molecule has 0 radical (unpaired) electrons. The second-order valence-electron chi connectivity index (χ2n) is 8.86. The van der Waals surface area contributed by atoms with Gasteiger partial charge in [0.15, 0.2) is 5.82 Å². The van der Waals surface area contributed by atoms with Gasteiger partial charge in [0.2, 0.25) is 5.95 Å². The molecule has 3 aliphatic rings. The first-order chi connectivity index (χ1) is 13.1. The molecule has 0 amide bonds. The van der Waals surface area contributed by atoms with Crippen LogP contribution in [0.15, 0.2) is 18.3 Å². The first kappa shape index (κ1) is 17.0. The fourth-order valence-corrected chi connectivity index (χ4v) is 4.90. The van der Waals surface area contributed by atoms with Crippen LogP contribution in [0.25, 0.3) is 0 Å². The Hall–Kier alpha value is -2.15. The molecule has 0 unspecified atom stereocenters. The standard InChI is InChI=1S/C20H29N7/c1-26-12-20(13-26)8-5-15(6-9-20)27(2)19-21-10-7-17(23-19)22-18-11-16(24-25-18)14-3-4-14/h7,10-11,14-15H,3-6,8-9,12-13H2,1-2H3,(H2,21,22,23,24,25). The zero-order chi connectivity index (χ0) is 18.4. The van der Waals surface area contributed by atoms with Crippen LogP contribution in [-0.2, 0) is 0 Å². The lowest BCUT2D eigenvalue weighted by Crippen LogP contribution is -2.57. The number of anilines is 3. The lowest BCUT2D eigenvalue weighted by Gasteiger charge is -2.53. The van der Waals surface area contributed by atoms with Gasteiger partial charge in [0.1, 0.15) is 5.82 Å². The summed E-state index contributed by atoms with van der Waals surface area (Å²) in [5.74, 6) is 3.10. The Labute approximate surface area is 160 Å². The van der Waals surface area contributed by atoms with E-state index in [1.165, 1.54) is 57.3 Å². The van der Waals surface area contributed by atoms with Gasteiger partial charge in [-0.2, -0.15) is 10.1 Å². The highest BCUT2D eigenvalue weighted by Crippen LogP contribution is 2.44. The highest BCUT2D eigenvalue weighted by Gasteiger charge is 2.44. The predicted molar refractivity (Wildman–Crippen MR) is 106 cm³/mol. The fraction of sp³-hybridized carbons (Fsp3) is 0.650. The molecule has 1 spiro atoms. The number of hydrogen-bond acceptors (Lipinski definition) is 6. The van der Waals surface area contributed by atoms with E-state index in [0.29, 0.717) is 17.4 Å². The van der Waals surface area contributed by atoms with Crippen LogP contribution in [0, 0.1) is 5.41 Å². The Balaban J connectivity index is 1.23. The number of aromatic nitrogens is 4. The molecule has 0 atom stereocenters. The average molecular weight is 368 g/mol. The number of nitrogens with one attached hydrogen (secondary N) is 2. The Bertz CT molecular complexity index is 796. The quantitative estimate of drug-likeness (QED) is 0.846. The van der Waals surface area contributed by atoms with E-state index in [1.54, 1.807) is 0 Å². The van der Waals surface area contributed by atoms with E-state index >= 15 is 0 Å². The zero-order valence-corrected chi connectivity index (χ0v) is 16.3. The second-order valence-corrected chi connectivity index (χ2v) is 8.86. The smallest absolute Gasteiger partial charge is 0.227 e. The van der Waals surface area contributed by atoms with Gasteiger partial charge in [-0.1, -0.05) is 0 Å². The van der Waals surface area contributed by atoms with Gasteiger partial charge in [0.25, 0.3) is 0 Å². The van der Waals surface area contributed by atoms with Gasteiger partial charge in [0.05, 0.1) is 0 Å². The normalized spacial score (nSPS) is 22.6. The maximum atomic E-state index is 4.74. The van der Waals surface area contributed by atoms with E-state index in [9.17, 15) is 0 Å². The summed E-state index contributed by atoms with van der Waals surface area (Å²) in [5, 5.41) is 10.8. The summed E-state index contributed by atoms with van der Waals surface area (Å²) >= 11 is 0. The summed E-state index contributed by atoms with van der Waals surface area (Å²) in [6.45, 7) is 2.54. The van der Waals surface area contributed by atoms with Crippen LogP contribution in [-0.4, -0.2) is 58.3 Å². The minimum absolute atomic E-state index is 0.531. The molecule has 144 valence electrons. The molecule has 5 rings (SSSR count). The molecule has 2 aromatic heterocycles. The number of nitrogens with zero attached hydrogens (tertiary/aromatic N) is 5. The second kappa shape index (κ2) is 6.48. The third kappa shape index (κ3) is 3.40. The Morgan fingerprint density at radius 3 is 2.67 bits per heavy atom. The van der Waals surface area contributed by atoms with E-state index in [4.69, 9.17) is 4.98 Å². The van der Waals surface area contributed by atoms with Crippen LogP contribution in [0.3, 0.4) is 0 Å². The van der Waals surface area contributed by atoms with Crippen molar-refractivity contribution in [3.63, 3.8) is 0 Å². The van der Waals surface area contributed by atoms with Crippen LogP contribution in [0.2, 0.25) is 0 Å². The molecule has 2 aromatic rings. The first-order valence-corrected chi connectivity index (χ1v) is 10.2. The molecule has 2 aliphatic carbocycles.